The molecule has 2 aromatic heterocycles. The summed E-state index contributed by atoms with van der Waals surface area (Å²) >= 11 is 1.51. The van der Waals surface area contributed by atoms with Gasteiger partial charge in [0.05, 0.1) is 18.6 Å². The van der Waals surface area contributed by atoms with E-state index in [1.54, 1.807) is 12.0 Å². The summed E-state index contributed by atoms with van der Waals surface area (Å²) in [6.07, 6.45) is 0. The maximum absolute atomic E-state index is 5.90. The number of nitrogens with zero attached hydrogens (tertiary/aromatic N) is 7. The van der Waals surface area contributed by atoms with Crippen LogP contribution in [0.25, 0.3) is 17.1 Å². The van der Waals surface area contributed by atoms with Gasteiger partial charge in [-0.05, 0) is 41.8 Å². The van der Waals surface area contributed by atoms with Crippen LogP contribution in [-0.2, 0) is 5.75 Å². The second-order valence-electron chi connectivity index (χ2n) is 8.18. The number of nitrogen functional groups attached to an aromatic ring is 1. The summed E-state index contributed by atoms with van der Waals surface area (Å²) in [7, 11) is 5.39. The van der Waals surface area contributed by atoms with Crippen molar-refractivity contribution in [3.8, 4) is 22.8 Å². The first-order valence-electron chi connectivity index (χ1n) is 10.9. The normalized spacial score (nSPS) is 11.1. The summed E-state index contributed by atoms with van der Waals surface area (Å²) in [4.78, 5) is 14.8. The highest BCUT2D eigenvalue weighted by molar-refractivity contribution is 7.98. The topological polar surface area (TPSA) is 108 Å². The van der Waals surface area contributed by atoms with Gasteiger partial charge in [0.25, 0.3) is 0 Å². The van der Waals surface area contributed by atoms with E-state index < -0.39 is 0 Å². The van der Waals surface area contributed by atoms with Crippen molar-refractivity contribution in [1.29, 1.82) is 0 Å². The second-order valence-corrected chi connectivity index (χ2v) is 9.12. The summed E-state index contributed by atoms with van der Waals surface area (Å²) in [6, 6.07) is 16.1. The van der Waals surface area contributed by atoms with Crippen LogP contribution < -0.4 is 15.4 Å². The first kappa shape index (κ1) is 23.5. The van der Waals surface area contributed by atoms with Gasteiger partial charge in [-0.2, -0.15) is 15.0 Å². The predicted octanol–water partition coefficient (Wildman–Crippen LogP) is 4.19. The highest BCUT2D eigenvalue weighted by Gasteiger charge is 2.20. The lowest BCUT2D eigenvalue weighted by Gasteiger charge is -2.17. The Morgan fingerprint density at radius 2 is 1.74 bits per heavy atom. The lowest BCUT2D eigenvalue weighted by Crippen LogP contribution is -2.16. The molecular weight excluding hydrogens is 448 g/mol. The molecule has 4 rings (SSSR count). The third-order valence-electron chi connectivity index (χ3n) is 5.20. The number of rotatable bonds is 8. The molecule has 2 heterocycles. The van der Waals surface area contributed by atoms with Gasteiger partial charge in [0.15, 0.2) is 11.0 Å². The Kier molecular flexibility index (Phi) is 6.97. The lowest BCUT2D eigenvalue weighted by molar-refractivity contribution is 0.415. The minimum Gasteiger partial charge on any atom is -0.497 e. The number of methoxy groups -OCH3 is 1. The minimum atomic E-state index is 0.194. The average molecular weight is 477 g/mol. The molecule has 0 amide bonds. The van der Waals surface area contributed by atoms with Crippen molar-refractivity contribution < 1.29 is 4.74 Å². The quantitative estimate of drug-likeness (QED) is 0.374. The van der Waals surface area contributed by atoms with Crippen molar-refractivity contribution in [2.75, 3.05) is 31.8 Å². The van der Waals surface area contributed by atoms with Gasteiger partial charge in [0.1, 0.15) is 11.6 Å². The molecule has 0 spiro atoms. The summed E-state index contributed by atoms with van der Waals surface area (Å²) < 4.78 is 7.42. The molecule has 4 aromatic rings. The van der Waals surface area contributed by atoms with Crippen LogP contribution in [0.5, 0.6) is 5.75 Å². The van der Waals surface area contributed by atoms with Gasteiger partial charge >= 0.3 is 0 Å². The van der Waals surface area contributed by atoms with Crippen LogP contribution in [0.15, 0.2) is 53.7 Å². The van der Waals surface area contributed by atoms with Crippen molar-refractivity contribution in [2.24, 2.45) is 0 Å². The molecule has 0 fully saturated rings. The predicted molar refractivity (Wildman–Crippen MR) is 136 cm³/mol. The monoisotopic (exact) mass is 476 g/mol. The fraction of sp³-hybridized carbons (Fsp3) is 0.292. The number of para-hydroxylation sites is 1. The van der Waals surface area contributed by atoms with Crippen LogP contribution in [0, 0.1) is 0 Å². The van der Waals surface area contributed by atoms with E-state index in [0.29, 0.717) is 23.4 Å². The van der Waals surface area contributed by atoms with Gasteiger partial charge in [-0.15, -0.1) is 10.2 Å². The molecular formula is C24H28N8OS. The van der Waals surface area contributed by atoms with E-state index in [-0.39, 0.29) is 5.95 Å². The third-order valence-corrected chi connectivity index (χ3v) is 6.12. The van der Waals surface area contributed by atoms with E-state index in [0.717, 1.165) is 28.0 Å². The minimum absolute atomic E-state index is 0.194. The number of benzene rings is 2. The summed E-state index contributed by atoms with van der Waals surface area (Å²) in [5, 5.41) is 9.84. The summed E-state index contributed by atoms with van der Waals surface area (Å²) in [5.41, 5.74) is 9.09. The Bertz CT molecular complexity index is 1270. The van der Waals surface area contributed by atoms with Gasteiger partial charge in [-0.1, -0.05) is 43.8 Å². The maximum Gasteiger partial charge on any atom is 0.229 e. The Balaban J connectivity index is 1.77. The summed E-state index contributed by atoms with van der Waals surface area (Å²) in [5.74, 6) is 3.63. The Morgan fingerprint density at radius 1 is 1.00 bits per heavy atom. The molecule has 34 heavy (non-hydrogen) atoms. The van der Waals surface area contributed by atoms with Crippen LogP contribution in [0.1, 0.15) is 31.2 Å². The van der Waals surface area contributed by atoms with E-state index in [2.05, 4.69) is 61.8 Å². The Hall–Kier alpha value is -3.66. The molecule has 0 atom stereocenters. The molecule has 0 unspecified atom stereocenters. The van der Waals surface area contributed by atoms with Gasteiger partial charge in [-0.3, -0.25) is 4.57 Å². The molecule has 2 aromatic carbocycles. The number of aromatic nitrogens is 6. The van der Waals surface area contributed by atoms with E-state index in [9.17, 15) is 0 Å². The van der Waals surface area contributed by atoms with Gasteiger partial charge in [0.2, 0.25) is 11.9 Å². The van der Waals surface area contributed by atoms with Gasteiger partial charge in [-0.25, -0.2) is 0 Å². The standard InChI is InChI=1S/C24H28N8OS/c1-15(2)18-8-6-7-9-19(18)32-21(16-10-12-17(33-5)13-11-16)29-30-24(32)34-14-20-26-22(25)28-23(27-20)31(3)4/h6-13,15H,14H2,1-5H3,(H2,25,26,27,28). The highest BCUT2D eigenvalue weighted by atomic mass is 32.2. The maximum atomic E-state index is 5.90. The molecule has 0 saturated carbocycles. The lowest BCUT2D eigenvalue weighted by atomic mass is 10.0. The molecule has 9 nitrogen and oxygen atoms in total. The van der Waals surface area contributed by atoms with Crippen LogP contribution in [-0.4, -0.2) is 50.9 Å². The number of anilines is 2. The third kappa shape index (κ3) is 4.96. The molecule has 0 bridgehead atoms. The molecule has 176 valence electrons. The van der Waals surface area contributed by atoms with Gasteiger partial charge in [0, 0.05) is 19.7 Å². The van der Waals surface area contributed by atoms with Crippen molar-refractivity contribution in [2.45, 2.75) is 30.7 Å². The van der Waals surface area contributed by atoms with Crippen LogP contribution in [0.3, 0.4) is 0 Å². The smallest absolute Gasteiger partial charge is 0.229 e. The fourth-order valence-electron chi connectivity index (χ4n) is 3.51. The zero-order valence-electron chi connectivity index (χ0n) is 19.9. The summed E-state index contributed by atoms with van der Waals surface area (Å²) in [6.45, 7) is 4.36. The molecule has 0 aliphatic heterocycles. The number of hydrogen-bond donors (Lipinski definition) is 1. The van der Waals surface area contributed by atoms with Crippen molar-refractivity contribution >= 4 is 23.7 Å². The van der Waals surface area contributed by atoms with Crippen molar-refractivity contribution in [1.82, 2.24) is 29.7 Å². The Labute approximate surface area is 203 Å². The van der Waals surface area contributed by atoms with E-state index in [1.807, 2.05) is 44.4 Å². The molecule has 0 radical (unpaired) electrons. The van der Waals surface area contributed by atoms with Crippen molar-refractivity contribution in [3.63, 3.8) is 0 Å². The largest absolute Gasteiger partial charge is 0.497 e. The SMILES string of the molecule is COc1ccc(-c2nnc(SCc3nc(N)nc(N(C)C)n3)n2-c2ccccc2C(C)C)cc1. The van der Waals surface area contributed by atoms with E-state index in [1.165, 1.54) is 17.3 Å². The van der Waals surface area contributed by atoms with Crippen LogP contribution in [0.4, 0.5) is 11.9 Å². The molecule has 0 saturated heterocycles. The van der Waals surface area contributed by atoms with Gasteiger partial charge < -0.3 is 15.4 Å². The zero-order valence-corrected chi connectivity index (χ0v) is 20.7. The van der Waals surface area contributed by atoms with E-state index >= 15 is 0 Å². The number of nitrogens with two attached hydrogens (primary N) is 1. The fourth-order valence-corrected chi connectivity index (χ4v) is 4.31. The first-order valence-corrected chi connectivity index (χ1v) is 11.9. The zero-order chi connectivity index (χ0) is 24.2. The molecule has 0 aliphatic carbocycles. The number of thioether (sulfide) groups is 1. The first-order chi connectivity index (χ1) is 16.4. The molecule has 10 heteroatoms. The molecule has 0 aliphatic rings. The average Bonchev–Trinajstić information content (AvgIpc) is 3.26. The Morgan fingerprint density at radius 3 is 2.41 bits per heavy atom. The number of hydrogen-bond acceptors (Lipinski definition) is 9. The van der Waals surface area contributed by atoms with Crippen LogP contribution in [0.2, 0.25) is 0 Å². The second kappa shape index (κ2) is 10.1. The molecule has 2 N–H and O–H groups in total. The van der Waals surface area contributed by atoms with E-state index in [4.69, 9.17) is 10.5 Å². The van der Waals surface area contributed by atoms with Crippen molar-refractivity contribution in [3.05, 3.63) is 59.9 Å². The number of ether oxygens (including phenoxy) is 1. The highest BCUT2D eigenvalue weighted by Crippen LogP contribution is 2.33. The van der Waals surface area contributed by atoms with Crippen LogP contribution >= 0.6 is 11.8 Å².